The molecule has 2 fully saturated rings. The maximum atomic E-state index is 13.6. The summed E-state index contributed by atoms with van der Waals surface area (Å²) < 4.78 is 6.35. The number of hydrogen-bond donors (Lipinski definition) is 3. The number of hydrogen-bond acceptors (Lipinski definition) is 4. The lowest BCUT2D eigenvalue weighted by Crippen LogP contribution is -2.62. The fraction of sp³-hybridized carbons (Fsp3) is 0.469. The molecule has 204 valence electrons. The van der Waals surface area contributed by atoms with Crippen molar-refractivity contribution in [3.05, 3.63) is 65.2 Å². The molecular formula is C32H38N4O3. The van der Waals surface area contributed by atoms with Crippen molar-refractivity contribution in [1.82, 2.24) is 15.5 Å². The van der Waals surface area contributed by atoms with Crippen molar-refractivity contribution in [2.75, 3.05) is 0 Å². The average molecular weight is 527 g/mol. The van der Waals surface area contributed by atoms with Crippen molar-refractivity contribution in [2.24, 2.45) is 0 Å². The van der Waals surface area contributed by atoms with Gasteiger partial charge in [0.25, 0.3) is 5.91 Å². The van der Waals surface area contributed by atoms with Crippen molar-refractivity contribution in [2.45, 2.75) is 94.9 Å². The van der Waals surface area contributed by atoms with Crippen LogP contribution in [0.25, 0.3) is 0 Å². The van der Waals surface area contributed by atoms with Crippen molar-refractivity contribution < 1.29 is 14.3 Å². The van der Waals surface area contributed by atoms with Gasteiger partial charge in [-0.3, -0.25) is 19.9 Å². The predicted octanol–water partition coefficient (Wildman–Crippen LogP) is 5.63. The topological polar surface area (TPSA) is 94.5 Å². The first-order valence-corrected chi connectivity index (χ1v) is 14.1. The lowest BCUT2D eigenvalue weighted by Gasteiger charge is -2.48. The van der Waals surface area contributed by atoms with Crippen LogP contribution in [-0.4, -0.2) is 33.8 Å². The Morgan fingerprint density at radius 2 is 2.00 bits per heavy atom. The zero-order valence-corrected chi connectivity index (χ0v) is 22.9. The van der Waals surface area contributed by atoms with Crippen LogP contribution in [0.1, 0.15) is 105 Å². The van der Waals surface area contributed by atoms with Gasteiger partial charge in [0.1, 0.15) is 11.4 Å². The lowest BCUT2D eigenvalue weighted by atomic mass is 9.73. The quantitative estimate of drug-likeness (QED) is 0.389. The number of benzene rings is 2. The van der Waals surface area contributed by atoms with Crippen molar-refractivity contribution in [3.8, 4) is 18.1 Å². The molecule has 2 aromatic carbocycles. The number of ether oxygens (including phenoxy) is 1. The molecule has 5 rings (SSSR count). The molecule has 1 spiro atoms. The standard InChI is InChI=1S/C32H38N4O3/c1-4-7-15-26(36-28(37)21-31(5-2,6-3)35-30(36)33)22-12-10-13-23(19-22)29(38)34-25-20-32(17-11-18-32)39-27-16-9-8-14-24(25)27/h1,8-10,12-14,16,19,25-26H,5-7,11,15,17-18,20-21H2,2-3H3,(H2,33,35)(H,34,38)/t25-,26+/m0/s1. The Labute approximate surface area is 231 Å². The summed E-state index contributed by atoms with van der Waals surface area (Å²) >= 11 is 0. The minimum atomic E-state index is -0.435. The van der Waals surface area contributed by atoms with Crippen molar-refractivity contribution in [3.63, 3.8) is 0 Å². The van der Waals surface area contributed by atoms with E-state index < -0.39 is 11.6 Å². The van der Waals surface area contributed by atoms with E-state index >= 15 is 0 Å². The molecule has 1 aliphatic carbocycles. The van der Waals surface area contributed by atoms with Crippen LogP contribution < -0.4 is 15.4 Å². The van der Waals surface area contributed by atoms with E-state index in [-0.39, 0.29) is 29.4 Å². The van der Waals surface area contributed by atoms with Gasteiger partial charge in [-0.15, -0.1) is 12.3 Å². The van der Waals surface area contributed by atoms with E-state index in [0.717, 1.165) is 55.4 Å². The number of nitrogens with one attached hydrogen (secondary N) is 3. The van der Waals surface area contributed by atoms with Crippen LogP contribution in [0, 0.1) is 17.8 Å². The van der Waals surface area contributed by atoms with Crippen LogP contribution in [0.4, 0.5) is 0 Å². The molecule has 0 aromatic heterocycles. The number of rotatable bonds is 8. The van der Waals surface area contributed by atoms with Gasteiger partial charge in [0.05, 0.1) is 18.5 Å². The van der Waals surface area contributed by atoms with Gasteiger partial charge in [0.2, 0.25) is 5.91 Å². The molecule has 2 heterocycles. The van der Waals surface area contributed by atoms with Gasteiger partial charge in [0.15, 0.2) is 5.96 Å². The number of fused-ring (bicyclic) bond motifs is 1. The van der Waals surface area contributed by atoms with Crippen LogP contribution in [-0.2, 0) is 4.79 Å². The SMILES string of the molecule is C#CCC[C@H](c1cccc(C(=O)N[C@H]2CC3(CCC3)Oc3ccccc32)c1)N1C(=N)NC(CC)(CC)CC1=O. The maximum Gasteiger partial charge on any atom is 0.251 e. The number of carbonyl (C=O) groups excluding carboxylic acids is 2. The molecular weight excluding hydrogens is 488 g/mol. The molecule has 0 bridgehead atoms. The van der Waals surface area contributed by atoms with E-state index in [1.54, 1.807) is 6.07 Å². The first-order chi connectivity index (χ1) is 18.8. The van der Waals surface area contributed by atoms with Crippen LogP contribution in [0.5, 0.6) is 5.75 Å². The highest BCUT2D eigenvalue weighted by Crippen LogP contribution is 2.48. The van der Waals surface area contributed by atoms with Crippen molar-refractivity contribution >= 4 is 17.8 Å². The average Bonchev–Trinajstić information content (AvgIpc) is 2.93. The number of para-hydroxylation sites is 1. The minimum Gasteiger partial charge on any atom is -0.487 e. The molecule has 1 saturated heterocycles. The van der Waals surface area contributed by atoms with Gasteiger partial charge >= 0.3 is 0 Å². The third-order valence-electron chi connectivity index (χ3n) is 8.91. The van der Waals surface area contributed by atoms with Crippen LogP contribution >= 0.6 is 0 Å². The van der Waals surface area contributed by atoms with E-state index in [2.05, 4.69) is 16.6 Å². The number of carbonyl (C=O) groups is 2. The van der Waals surface area contributed by atoms with E-state index in [9.17, 15) is 9.59 Å². The summed E-state index contributed by atoms with van der Waals surface area (Å²) in [4.78, 5) is 28.5. The number of amides is 2. The first-order valence-electron chi connectivity index (χ1n) is 14.1. The third kappa shape index (κ3) is 5.13. The van der Waals surface area contributed by atoms with Gasteiger partial charge in [-0.1, -0.05) is 44.2 Å². The van der Waals surface area contributed by atoms with Gasteiger partial charge in [-0.2, -0.15) is 0 Å². The summed E-state index contributed by atoms with van der Waals surface area (Å²) in [6.07, 6.45) is 12.3. The normalized spacial score (nSPS) is 21.6. The molecule has 0 radical (unpaired) electrons. The summed E-state index contributed by atoms with van der Waals surface area (Å²) in [6.45, 7) is 4.07. The van der Waals surface area contributed by atoms with Crippen LogP contribution in [0.3, 0.4) is 0 Å². The van der Waals surface area contributed by atoms with E-state index in [1.807, 2.05) is 56.3 Å². The molecule has 3 N–H and O–H groups in total. The largest absolute Gasteiger partial charge is 0.487 e. The molecule has 39 heavy (non-hydrogen) atoms. The first kappa shape index (κ1) is 26.8. The zero-order chi connectivity index (χ0) is 27.6. The predicted molar refractivity (Wildman–Crippen MR) is 151 cm³/mol. The van der Waals surface area contributed by atoms with E-state index in [0.29, 0.717) is 24.8 Å². The Kier molecular flexibility index (Phi) is 7.40. The molecule has 7 heteroatoms. The molecule has 2 atom stereocenters. The van der Waals surface area contributed by atoms with E-state index in [4.69, 9.17) is 16.6 Å². The van der Waals surface area contributed by atoms with Crippen molar-refractivity contribution in [1.29, 1.82) is 5.41 Å². The Morgan fingerprint density at radius 3 is 2.67 bits per heavy atom. The fourth-order valence-corrected chi connectivity index (χ4v) is 6.28. The van der Waals surface area contributed by atoms with Gasteiger partial charge in [-0.05, 0) is 62.3 Å². The Balaban J connectivity index is 1.39. The Hall–Kier alpha value is -3.79. The monoisotopic (exact) mass is 526 g/mol. The summed E-state index contributed by atoms with van der Waals surface area (Å²) in [5.74, 6) is 3.36. The molecule has 1 saturated carbocycles. The van der Waals surface area contributed by atoms with Gasteiger partial charge in [-0.25, -0.2) is 0 Å². The molecule has 2 aromatic rings. The summed E-state index contributed by atoms with van der Waals surface area (Å²) in [7, 11) is 0. The maximum absolute atomic E-state index is 13.6. The summed E-state index contributed by atoms with van der Waals surface area (Å²) in [5, 5.41) is 15.3. The molecule has 3 aliphatic rings. The molecule has 2 aliphatic heterocycles. The van der Waals surface area contributed by atoms with Crippen LogP contribution in [0.15, 0.2) is 48.5 Å². The second kappa shape index (κ2) is 10.8. The zero-order valence-electron chi connectivity index (χ0n) is 22.9. The Bertz CT molecular complexity index is 1280. The van der Waals surface area contributed by atoms with Gasteiger partial charge < -0.3 is 15.4 Å². The number of guanidine groups is 1. The smallest absolute Gasteiger partial charge is 0.251 e. The molecule has 7 nitrogen and oxygen atoms in total. The summed E-state index contributed by atoms with van der Waals surface area (Å²) in [6, 6.07) is 14.7. The highest BCUT2D eigenvalue weighted by molar-refractivity contribution is 6.00. The van der Waals surface area contributed by atoms with Crippen LogP contribution in [0.2, 0.25) is 0 Å². The number of nitrogens with zero attached hydrogens (tertiary/aromatic N) is 1. The Morgan fingerprint density at radius 1 is 1.23 bits per heavy atom. The minimum absolute atomic E-state index is 0.0936. The van der Waals surface area contributed by atoms with E-state index in [1.165, 1.54) is 4.90 Å². The second-order valence-corrected chi connectivity index (χ2v) is 11.2. The highest BCUT2D eigenvalue weighted by Gasteiger charge is 2.46. The summed E-state index contributed by atoms with van der Waals surface area (Å²) in [5.41, 5.74) is 1.72. The highest BCUT2D eigenvalue weighted by atomic mass is 16.5. The molecule has 2 amide bonds. The molecule has 0 unspecified atom stereocenters. The fourth-order valence-electron chi connectivity index (χ4n) is 6.28. The number of terminal acetylenes is 1. The third-order valence-corrected chi connectivity index (χ3v) is 8.91. The second-order valence-electron chi connectivity index (χ2n) is 11.2. The van der Waals surface area contributed by atoms with Gasteiger partial charge in [0, 0.05) is 29.5 Å². The lowest BCUT2D eigenvalue weighted by molar-refractivity contribution is -0.132.